The number of pyridine rings is 2. The van der Waals surface area contributed by atoms with Crippen molar-refractivity contribution in [2.24, 2.45) is 13.0 Å². The minimum absolute atomic E-state index is 0.100. The number of rotatable bonds is 8. The van der Waals surface area contributed by atoms with Crippen LogP contribution in [0, 0.1) is 5.92 Å². The molecule has 2 N–H and O–H groups in total. The lowest BCUT2D eigenvalue weighted by Gasteiger charge is -2.41. The summed E-state index contributed by atoms with van der Waals surface area (Å²) in [5, 5.41) is 15.4. The quantitative estimate of drug-likeness (QED) is 0.204. The van der Waals surface area contributed by atoms with E-state index in [1.165, 1.54) is 9.13 Å². The smallest absolute Gasteiger partial charge is 0.329 e. The number of carbonyl (C=O) groups excluding carboxylic acids is 3. The Balaban J connectivity index is 0.717. The summed E-state index contributed by atoms with van der Waals surface area (Å²) >= 11 is 0. The van der Waals surface area contributed by atoms with Gasteiger partial charge in [0, 0.05) is 50.0 Å². The van der Waals surface area contributed by atoms with Crippen molar-refractivity contribution in [3.05, 3.63) is 82.8 Å². The van der Waals surface area contributed by atoms with Gasteiger partial charge in [0.1, 0.15) is 17.4 Å². The summed E-state index contributed by atoms with van der Waals surface area (Å²) in [6.45, 7) is 2.28. The van der Waals surface area contributed by atoms with Crippen molar-refractivity contribution in [2.45, 2.75) is 87.4 Å². The average molecular weight is 848 g/mol. The number of nitrogens with one attached hydrogen (secondary N) is 2. The highest BCUT2D eigenvalue weighted by Gasteiger charge is 2.47. The maximum atomic E-state index is 16.2. The standard InChI is InChI=1S/C44H47F2N11O5/c1-52-40-31(3-2-4-35(40)57(43(52)61)36-9-10-39(58)50-42(36)60)33-12-13-53(24-44(33,45)46)20-25-5-7-27(8-6-25)56-21-26-15-38(47-19-34(26)51-56)49-41(59)32-18-48-55-14-11-28(17-37(32)55)54-22-30-16-29(54)23-62-30/h2-4,11,14-15,17-19,21,25,27,29-30,33,36H,5-10,12-13,16,20,22-24H2,1H3,(H,49,59)(H,50,58,60)/t25-,27-,29-,30-,33?,36?/m1/s1. The van der Waals surface area contributed by atoms with Crippen LogP contribution in [0.2, 0.25) is 0 Å². The van der Waals surface area contributed by atoms with Crippen LogP contribution in [-0.4, -0.2) is 107 Å². The number of aryl methyl sites for hydroxylation is 1. The predicted molar refractivity (Wildman–Crippen MR) is 225 cm³/mol. The van der Waals surface area contributed by atoms with E-state index in [0.717, 1.165) is 67.4 Å². The number of fused-ring (bicyclic) bond motifs is 5. The minimum Gasteiger partial charge on any atom is -0.374 e. The van der Waals surface area contributed by atoms with Crippen LogP contribution in [0.15, 0.2) is 66.0 Å². The van der Waals surface area contributed by atoms with E-state index in [4.69, 9.17) is 9.84 Å². The third-order valence-corrected chi connectivity index (χ3v) is 14.0. The number of imidazole rings is 1. The number of ether oxygens (including phenoxy) is 1. The third-order valence-electron chi connectivity index (χ3n) is 14.0. The van der Waals surface area contributed by atoms with Crippen molar-refractivity contribution in [1.29, 1.82) is 0 Å². The molecule has 5 aromatic heterocycles. The molecule has 322 valence electrons. The molecule has 4 aliphatic heterocycles. The molecule has 0 radical (unpaired) electrons. The first-order valence-electron chi connectivity index (χ1n) is 21.6. The van der Waals surface area contributed by atoms with Crippen LogP contribution < -0.4 is 21.2 Å². The number of hydrogen-bond donors (Lipinski definition) is 2. The molecule has 2 unspecified atom stereocenters. The fourth-order valence-corrected chi connectivity index (χ4v) is 10.9. The van der Waals surface area contributed by atoms with Gasteiger partial charge in [0.25, 0.3) is 11.8 Å². The monoisotopic (exact) mass is 847 g/mol. The number of hydrogen-bond acceptors (Lipinski definition) is 10. The highest BCUT2D eigenvalue weighted by atomic mass is 19.3. The molecule has 1 aromatic carbocycles. The summed E-state index contributed by atoms with van der Waals surface area (Å²) < 4.78 is 44.6. The van der Waals surface area contributed by atoms with Crippen LogP contribution in [0.1, 0.15) is 85.3 Å². The van der Waals surface area contributed by atoms with Gasteiger partial charge in [0.2, 0.25) is 11.8 Å². The van der Waals surface area contributed by atoms with Crippen LogP contribution in [0.4, 0.5) is 20.3 Å². The molecular weight excluding hydrogens is 801 g/mol. The topological polar surface area (TPSA) is 166 Å². The molecule has 4 atom stereocenters. The molecule has 62 heavy (non-hydrogen) atoms. The van der Waals surface area contributed by atoms with Gasteiger partial charge in [-0.2, -0.15) is 10.2 Å². The molecule has 6 aromatic rings. The molecular formula is C44H47F2N11O5. The Bertz CT molecular complexity index is 2840. The first-order chi connectivity index (χ1) is 30.0. The highest BCUT2D eigenvalue weighted by Crippen LogP contribution is 2.44. The zero-order valence-electron chi connectivity index (χ0n) is 34.3. The normalized spacial score (nSPS) is 26.5. The summed E-state index contributed by atoms with van der Waals surface area (Å²) in [5.41, 5.74) is 3.70. The predicted octanol–water partition coefficient (Wildman–Crippen LogP) is 4.80. The number of piperidine rings is 2. The Hall–Kier alpha value is -6.01. The second-order valence-corrected chi connectivity index (χ2v) is 17.9. The van der Waals surface area contributed by atoms with E-state index in [9.17, 15) is 19.2 Å². The van der Waals surface area contributed by atoms with Crippen molar-refractivity contribution >= 4 is 56.7 Å². The van der Waals surface area contributed by atoms with Crippen molar-refractivity contribution in [3.8, 4) is 0 Å². The summed E-state index contributed by atoms with van der Waals surface area (Å²) in [6.07, 6.45) is 12.4. The summed E-state index contributed by atoms with van der Waals surface area (Å²) in [6, 6.07) is 10.5. The molecule has 1 saturated carbocycles. The van der Waals surface area contributed by atoms with E-state index >= 15 is 8.78 Å². The Labute approximate surface area is 353 Å². The van der Waals surface area contributed by atoms with Gasteiger partial charge in [0.15, 0.2) is 0 Å². The zero-order chi connectivity index (χ0) is 42.4. The van der Waals surface area contributed by atoms with Crippen molar-refractivity contribution in [3.63, 3.8) is 0 Å². The number of carbonyl (C=O) groups is 3. The van der Waals surface area contributed by atoms with E-state index in [1.807, 2.05) is 40.2 Å². The Morgan fingerprint density at radius 3 is 2.65 bits per heavy atom. The lowest BCUT2D eigenvalue weighted by molar-refractivity contribution is -0.135. The van der Waals surface area contributed by atoms with Gasteiger partial charge in [-0.05, 0) is 87.2 Å². The fraction of sp³-hybridized carbons (Fsp3) is 0.477. The molecule has 4 saturated heterocycles. The lowest BCUT2D eigenvalue weighted by atomic mass is 9.83. The molecule has 5 fully saturated rings. The number of para-hydroxylation sites is 1. The lowest BCUT2D eigenvalue weighted by Crippen LogP contribution is -2.49. The average Bonchev–Trinajstić information content (AvgIpc) is 4.10. The molecule has 16 nitrogen and oxygen atoms in total. The molecule has 5 aliphatic rings. The fourth-order valence-electron chi connectivity index (χ4n) is 10.9. The van der Waals surface area contributed by atoms with Gasteiger partial charge in [-0.15, -0.1) is 0 Å². The molecule has 18 heteroatoms. The molecule has 1 aliphatic carbocycles. The van der Waals surface area contributed by atoms with Gasteiger partial charge < -0.3 is 15.0 Å². The SMILES string of the molecule is Cn1c(=O)n(C2CCC(=O)NC2=O)c2cccc(C3CCN(C[C@H]4CC[C@H](n5cc6cc(NC(=O)c7cnn8ccc(N9C[C@H]%10C[C@@H]9CO%10)cc78)ncc6n5)CC4)CC3(F)F)c21. The van der Waals surface area contributed by atoms with Crippen LogP contribution in [0.25, 0.3) is 27.5 Å². The number of amides is 3. The van der Waals surface area contributed by atoms with E-state index in [0.29, 0.717) is 47.1 Å². The van der Waals surface area contributed by atoms with Gasteiger partial charge in [0.05, 0.1) is 71.8 Å². The molecule has 11 rings (SSSR count). The van der Waals surface area contributed by atoms with Gasteiger partial charge in [-0.25, -0.2) is 23.1 Å². The zero-order valence-corrected chi connectivity index (χ0v) is 34.3. The van der Waals surface area contributed by atoms with Crippen molar-refractivity contribution in [2.75, 3.05) is 43.0 Å². The summed E-state index contributed by atoms with van der Waals surface area (Å²) in [4.78, 5) is 60.2. The number of likely N-dealkylation sites (tertiary alicyclic amines) is 1. The van der Waals surface area contributed by atoms with Crippen LogP contribution >= 0.6 is 0 Å². The minimum atomic E-state index is -3.04. The van der Waals surface area contributed by atoms with Crippen LogP contribution in [-0.2, 0) is 21.4 Å². The number of aromatic nitrogens is 7. The first kappa shape index (κ1) is 38.9. The largest absolute Gasteiger partial charge is 0.374 e. The second kappa shape index (κ2) is 14.8. The first-order valence-corrected chi connectivity index (χ1v) is 21.6. The number of imide groups is 1. The van der Waals surface area contributed by atoms with Crippen LogP contribution in [0.3, 0.4) is 0 Å². The number of halogens is 2. The van der Waals surface area contributed by atoms with Gasteiger partial charge in [-0.1, -0.05) is 12.1 Å². The van der Waals surface area contributed by atoms with Gasteiger partial charge >= 0.3 is 5.69 Å². The molecule has 3 amide bonds. The Morgan fingerprint density at radius 2 is 1.87 bits per heavy atom. The third kappa shape index (κ3) is 6.65. The molecule has 2 bridgehead atoms. The van der Waals surface area contributed by atoms with E-state index < -0.39 is 35.4 Å². The van der Waals surface area contributed by atoms with Crippen molar-refractivity contribution in [1.82, 2.24) is 43.7 Å². The number of anilines is 2. The Morgan fingerprint density at radius 1 is 1.02 bits per heavy atom. The molecule has 9 heterocycles. The molecule has 0 spiro atoms. The maximum absolute atomic E-state index is 16.2. The highest BCUT2D eigenvalue weighted by molar-refractivity contribution is 6.09. The Kier molecular flexibility index (Phi) is 9.30. The number of benzene rings is 1. The summed E-state index contributed by atoms with van der Waals surface area (Å²) in [5.74, 6) is -4.69. The van der Waals surface area contributed by atoms with Crippen molar-refractivity contribution < 1.29 is 27.9 Å². The van der Waals surface area contributed by atoms with E-state index in [-0.39, 0.29) is 49.8 Å². The second-order valence-electron chi connectivity index (χ2n) is 17.9. The summed E-state index contributed by atoms with van der Waals surface area (Å²) in [7, 11) is 1.55. The van der Waals surface area contributed by atoms with Crippen LogP contribution in [0.5, 0.6) is 0 Å². The number of nitrogens with zero attached hydrogens (tertiary/aromatic N) is 9. The van der Waals surface area contributed by atoms with E-state index in [2.05, 4.69) is 25.6 Å². The van der Waals surface area contributed by atoms with Gasteiger partial charge in [-0.3, -0.25) is 38.4 Å². The van der Waals surface area contributed by atoms with E-state index in [1.54, 1.807) is 42.2 Å². The number of morpholine rings is 1. The maximum Gasteiger partial charge on any atom is 0.329 e. The number of alkyl halides is 2.